The van der Waals surface area contributed by atoms with Crippen LogP contribution in [0.4, 0.5) is 17.6 Å². The zero-order chi connectivity index (χ0) is 12.1. The van der Waals surface area contributed by atoms with Crippen molar-refractivity contribution in [3.05, 3.63) is 34.9 Å². The van der Waals surface area contributed by atoms with Gasteiger partial charge in [0.1, 0.15) is 0 Å². The molecule has 16 heavy (non-hydrogen) atoms. The van der Waals surface area contributed by atoms with Crippen molar-refractivity contribution in [2.24, 2.45) is 11.8 Å². The van der Waals surface area contributed by atoms with Crippen molar-refractivity contribution >= 4 is 0 Å². The highest BCUT2D eigenvalue weighted by atomic mass is 19.3. The van der Waals surface area contributed by atoms with Crippen LogP contribution in [0.2, 0.25) is 0 Å². The molecule has 0 amide bonds. The molecule has 1 aliphatic carbocycles. The van der Waals surface area contributed by atoms with E-state index in [1.165, 1.54) is 6.07 Å². The molecular weight excluding hydrogens is 220 g/mol. The van der Waals surface area contributed by atoms with E-state index in [1.54, 1.807) is 13.8 Å². The number of alkyl halides is 2. The third kappa shape index (κ3) is 1.43. The van der Waals surface area contributed by atoms with E-state index >= 15 is 0 Å². The topological polar surface area (TPSA) is 0 Å². The van der Waals surface area contributed by atoms with Gasteiger partial charge in [-0.2, -0.15) is 0 Å². The molecule has 0 N–H and O–H groups in total. The summed E-state index contributed by atoms with van der Waals surface area (Å²) in [6.07, 6.45) is 0.108. The Morgan fingerprint density at radius 3 is 2.44 bits per heavy atom. The van der Waals surface area contributed by atoms with Gasteiger partial charge >= 0.3 is 0 Å². The molecule has 0 spiro atoms. The molecule has 0 fully saturated rings. The van der Waals surface area contributed by atoms with Crippen LogP contribution in [0.1, 0.15) is 25.0 Å². The lowest BCUT2D eigenvalue weighted by Crippen LogP contribution is -2.26. The highest BCUT2D eigenvalue weighted by Gasteiger charge is 2.51. The molecule has 0 saturated heterocycles. The molecule has 0 bridgehead atoms. The second kappa shape index (κ2) is 3.47. The van der Waals surface area contributed by atoms with E-state index in [9.17, 15) is 17.6 Å². The Balaban J connectivity index is 2.58. The molecule has 0 aromatic heterocycles. The summed E-state index contributed by atoms with van der Waals surface area (Å²) in [6, 6.07) is 2.16. The Morgan fingerprint density at radius 1 is 1.25 bits per heavy atom. The summed E-state index contributed by atoms with van der Waals surface area (Å²) in [6.45, 7) is 3.33. The molecule has 88 valence electrons. The first-order valence-electron chi connectivity index (χ1n) is 5.21. The average Bonchev–Trinajstić information content (AvgIpc) is 2.44. The lowest BCUT2D eigenvalue weighted by Gasteiger charge is -2.23. The summed E-state index contributed by atoms with van der Waals surface area (Å²) in [5, 5.41) is 0. The van der Waals surface area contributed by atoms with Crippen molar-refractivity contribution < 1.29 is 17.6 Å². The molecule has 0 nitrogen and oxygen atoms in total. The Kier molecular flexibility index (Phi) is 2.48. The largest absolute Gasteiger partial charge is 0.279 e. The van der Waals surface area contributed by atoms with Crippen LogP contribution in [-0.4, -0.2) is 0 Å². The van der Waals surface area contributed by atoms with E-state index in [4.69, 9.17) is 0 Å². The number of halogens is 4. The van der Waals surface area contributed by atoms with Crippen molar-refractivity contribution in [1.82, 2.24) is 0 Å². The van der Waals surface area contributed by atoms with Gasteiger partial charge in [0.15, 0.2) is 11.6 Å². The molecule has 1 aliphatic rings. The maximum Gasteiger partial charge on any atom is 0.279 e. The van der Waals surface area contributed by atoms with Gasteiger partial charge in [-0.1, -0.05) is 19.9 Å². The summed E-state index contributed by atoms with van der Waals surface area (Å²) in [7, 11) is 0. The lowest BCUT2D eigenvalue weighted by atomic mass is 9.90. The van der Waals surface area contributed by atoms with Crippen molar-refractivity contribution in [2.75, 3.05) is 0 Å². The number of rotatable bonds is 1. The average molecular weight is 232 g/mol. The summed E-state index contributed by atoms with van der Waals surface area (Å²) in [4.78, 5) is 0. The normalized spacial score (nSPS) is 22.6. The van der Waals surface area contributed by atoms with Crippen LogP contribution < -0.4 is 0 Å². The Hall–Kier alpha value is -1.06. The minimum atomic E-state index is -3.27. The van der Waals surface area contributed by atoms with Gasteiger partial charge in [-0.25, -0.2) is 17.6 Å². The standard InChI is InChI=1S/C12H12F4/c1-6(2)8-5-7-3-4-9(13)11(14)10(7)12(8,15)16/h3-4,6,8H,5H2,1-2H3. The minimum Gasteiger partial charge on any atom is -0.204 e. The van der Waals surface area contributed by atoms with Crippen molar-refractivity contribution in [3.63, 3.8) is 0 Å². The van der Waals surface area contributed by atoms with E-state index in [-0.39, 0.29) is 17.9 Å². The molecule has 0 radical (unpaired) electrons. The molecule has 1 atom stereocenters. The summed E-state index contributed by atoms with van der Waals surface area (Å²) >= 11 is 0. The van der Waals surface area contributed by atoms with E-state index in [1.807, 2.05) is 0 Å². The molecule has 1 aromatic rings. The Morgan fingerprint density at radius 2 is 1.88 bits per heavy atom. The van der Waals surface area contributed by atoms with Gasteiger partial charge in [0, 0.05) is 5.92 Å². The SMILES string of the molecule is CC(C)C1Cc2ccc(F)c(F)c2C1(F)F. The van der Waals surface area contributed by atoms with E-state index < -0.39 is 29.0 Å². The highest BCUT2D eigenvalue weighted by Crippen LogP contribution is 2.50. The summed E-state index contributed by atoms with van der Waals surface area (Å²) in [5.41, 5.74) is -0.520. The van der Waals surface area contributed by atoms with Gasteiger partial charge in [-0.15, -0.1) is 0 Å². The molecule has 1 aromatic carbocycles. The second-order valence-electron chi connectivity index (χ2n) is 4.57. The molecular formula is C12H12F4. The van der Waals surface area contributed by atoms with Gasteiger partial charge < -0.3 is 0 Å². The van der Waals surface area contributed by atoms with Crippen molar-refractivity contribution in [3.8, 4) is 0 Å². The van der Waals surface area contributed by atoms with Gasteiger partial charge in [-0.3, -0.25) is 0 Å². The second-order valence-corrected chi connectivity index (χ2v) is 4.57. The maximum absolute atomic E-state index is 13.9. The smallest absolute Gasteiger partial charge is 0.204 e. The predicted octanol–water partition coefficient (Wildman–Crippen LogP) is 3.88. The first kappa shape index (κ1) is 11.4. The van der Waals surface area contributed by atoms with Gasteiger partial charge in [0.05, 0.1) is 5.56 Å². The molecule has 4 heteroatoms. The van der Waals surface area contributed by atoms with Crippen LogP contribution in [-0.2, 0) is 12.3 Å². The van der Waals surface area contributed by atoms with Gasteiger partial charge in [0.2, 0.25) is 0 Å². The van der Waals surface area contributed by atoms with Crippen LogP contribution in [0.5, 0.6) is 0 Å². The fourth-order valence-corrected chi connectivity index (χ4v) is 2.33. The highest BCUT2D eigenvalue weighted by molar-refractivity contribution is 5.38. The fraction of sp³-hybridized carbons (Fsp3) is 0.500. The molecule has 2 rings (SSSR count). The molecule has 0 aliphatic heterocycles. The zero-order valence-corrected chi connectivity index (χ0v) is 9.03. The van der Waals surface area contributed by atoms with Crippen LogP contribution in [0.25, 0.3) is 0 Å². The van der Waals surface area contributed by atoms with Gasteiger partial charge in [-0.05, 0) is 24.0 Å². The third-order valence-corrected chi connectivity index (χ3v) is 3.22. The zero-order valence-electron chi connectivity index (χ0n) is 9.03. The number of hydrogen-bond donors (Lipinski definition) is 0. The first-order valence-corrected chi connectivity index (χ1v) is 5.21. The minimum absolute atomic E-state index is 0.108. The molecule has 0 heterocycles. The number of fused-ring (bicyclic) bond motifs is 1. The number of hydrogen-bond acceptors (Lipinski definition) is 0. The monoisotopic (exact) mass is 232 g/mol. The summed E-state index contributed by atoms with van der Waals surface area (Å²) in [5.74, 6) is -7.09. The first-order chi connectivity index (χ1) is 7.35. The molecule has 0 saturated carbocycles. The summed E-state index contributed by atoms with van der Waals surface area (Å²) < 4.78 is 54.1. The number of benzene rings is 1. The predicted molar refractivity (Wildman–Crippen MR) is 52.3 cm³/mol. The van der Waals surface area contributed by atoms with E-state index in [0.29, 0.717) is 0 Å². The maximum atomic E-state index is 13.9. The van der Waals surface area contributed by atoms with Gasteiger partial charge in [0.25, 0.3) is 5.92 Å². The van der Waals surface area contributed by atoms with Crippen LogP contribution in [0, 0.1) is 23.5 Å². The van der Waals surface area contributed by atoms with E-state index in [2.05, 4.69) is 0 Å². The quantitative estimate of drug-likeness (QED) is 0.644. The molecule has 1 unspecified atom stereocenters. The Bertz CT molecular complexity index is 423. The van der Waals surface area contributed by atoms with Crippen LogP contribution >= 0.6 is 0 Å². The Labute approximate surface area is 91.3 Å². The van der Waals surface area contributed by atoms with E-state index in [0.717, 1.165) is 6.07 Å². The van der Waals surface area contributed by atoms with Crippen molar-refractivity contribution in [1.29, 1.82) is 0 Å². The lowest BCUT2D eigenvalue weighted by molar-refractivity contribution is -0.0715. The van der Waals surface area contributed by atoms with Crippen LogP contribution in [0.15, 0.2) is 12.1 Å². The fourth-order valence-electron chi connectivity index (χ4n) is 2.33. The van der Waals surface area contributed by atoms with Crippen molar-refractivity contribution in [2.45, 2.75) is 26.2 Å². The van der Waals surface area contributed by atoms with Crippen LogP contribution in [0.3, 0.4) is 0 Å². The third-order valence-electron chi connectivity index (χ3n) is 3.22.